The van der Waals surface area contributed by atoms with Crippen LogP contribution >= 0.6 is 0 Å². The van der Waals surface area contributed by atoms with Crippen LogP contribution in [0.3, 0.4) is 0 Å². The number of nitrogens with zero attached hydrogens (tertiary/aromatic N) is 1. The fraction of sp³-hybridized carbons (Fsp3) is 0.182. The van der Waals surface area contributed by atoms with Crippen molar-refractivity contribution < 1.29 is 23.0 Å². The van der Waals surface area contributed by atoms with Crippen molar-refractivity contribution in [2.75, 3.05) is 5.32 Å². The van der Waals surface area contributed by atoms with Gasteiger partial charge in [-0.1, -0.05) is 24.3 Å². The molecule has 3 aromatic rings. The van der Waals surface area contributed by atoms with Gasteiger partial charge in [-0.2, -0.15) is 8.78 Å². The maximum Gasteiger partial charge on any atom is 0.387 e. The van der Waals surface area contributed by atoms with Crippen molar-refractivity contribution in [3.63, 3.8) is 0 Å². The molecule has 0 radical (unpaired) electrons. The van der Waals surface area contributed by atoms with Crippen molar-refractivity contribution in [1.82, 2.24) is 0 Å². The summed E-state index contributed by atoms with van der Waals surface area (Å²) in [6, 6.07) is 14.6. The molecule has 1 atom stereocenters. The Morgan fingerprint density at radius 2 is 1.93 bits per heavy atom. The van der Waals surface area contributed by atoms with Crippen LogP contribution in [0.4, 0.5) is 20.2 Å². The second-order valence-corrected chi connectivity index (χ2v) is 6.83. The maximum absolute atomic E-state index is 12.5. The van der Waals surface area contributed by atoms with E-state index in [9.17, 15) is 18.7 Å². The molecular formula is C22H18F2N2O4. The summed E-state index contributed by atoms with van der Waals surface area (Å²) in [7, 11) is 0. The van der Waals surface area contributed by atoms with Gasteiger partial charge in [-0.25, -0.2) is 4.79 Å². The highest BCUT2D eigenvalue weighted by atomic mass is 19.3. The summed E-state index contributed by atoms with van der Waals surface area (Å²) < 4.78 is 34.4. The fourth-order valence-electron chi connectivity index (χ4n) is 3.42. The summed E-state index contributed by atoms with van der Waals surface area (Å²) in [6.45, 7) is -1.33. The Labute approximate surface area is 170 Å². The average Bonchev–Trinajstić information content (AvgIpc) is 2.87. The van der Waals surface area contributed by atoms with Crippen molar-refractivity contribution in [2.24, 2.45) is 4.99 Å². The highest BCUT2D eigenvalue weighted by molar-refractivity contribution is 6.05. The third-order valence-corrected chi connectivity index (χ3v) is 4.74. The van der Waals surface area contributed by atoms with Crippen LogP contribution in [-0.4, -0.2) is 17.4 Å². The SMILES string of the molecule is Cc1cc(O)c(C2=Nc3ccccc3N[C@H](c3ccc(OC(F)F)cc3)C2)c(=O)o1. The van der Waals surface area contributed by atoms with Crippen molar-refractivity contribution in [2.45, 2.75) is 26.0 Å². The molecule has 2 aromatic carbocycles. The van der Waals surface area contributed by atoms with E-state index in [1.165, 1.54) is 18.2 Å². The first-order valence-corrected chi connectivity index (χ1v) is 9.22. The van der Waals surface area contributed by atoms with Crippen LogP contribution in [-0.2, 0) is 0 Å². The van der Waals surface area contributed by atoms with E-state index in [4.69, 9.17) is 4.42 Å². The zero-order valence-corrected chi connectivity index (χ0v) is 15.9. The van der Waals surface area contributed by atoms with Gasteiger partial charge in [0.2, 0.25) is 0 Å². The highest BCUT2D eigenvalue weighted by Crippen LogP contribution is 2.36. The van der Waals surface area contributed by atoms with Gasteiger partial charge in [0.05, 0.1) is 23.1 Å². The smallest absolute Gasteiger partial charge is 0.387 e. The molecule has 2 N–H and O–H groups in total. The first-order valence-electron chi connectivity index (χ1n) is 9.22. The standard InChI is InChI=1S/C22H18F2N2O4/c1-12-10-19(27)20(21(28)29-12)18-11-17(25-15-4-2-3-5-16(15)26-18)13-6-8-14(9-7-13)30-22(23)24/h2-10,17,22,25,27H,11H2,1H3/t17-/m0/s1. The number of hydrogen-bond donors (Lipinski definition) is 2. The molecule has 0 saturated heterocycles. The highest BCUT2D eigenvalue weighted by Gasteiger charge is 2.25. The first kappa shape index (κ1) is 19.6. The van der Waals surface area contributed by atoms with E-state index in [1.807, 2.05) is 18.2 Å². The number of aryl methyl sites for hydroxylation is 1. The van der Waals surface area contributed by atoms with Gasteiger partial charge in [0.15, 0.2) is 0 Å². The normalized spacial score (nSPS) is 15.7. The second-order valence-electron chi connectivity index (χ2n) is 6.83. The Hall–Kier alpha value is -3.68. The molecule has 0 aliphatic carbocycles. The summed E-state index contributed by atoms with van der Waals surface area (Å²) in [5.41, 5.74) is 1.80. The number of aliphatic imine (C=N–C) groups is 1. The minimum Gasteiger partial charge on any atom is -0.507 e. The van der Waals surface area contributed by atoms with Crippen LogP contribution < -0.4 is 15.7 Å². The zero-order chi connectivity index (χ0) is 21.3. The van der Waals surface area contributed by atoms with Crippen molar-refractivity contribution in [3.05, 3.63) is 81.9 Å². The summed E-state index contributed by atoms with van der Waals surface area (Å²) in [6.07, 6.45) is 0.255. The van der Waals surface area contributed by atoms with Gasteiger partial charge < -0.3 is 19.6 Å². The molecule has 154 valence electrons. The minimum absolute atomic E-state index is 0.00163. The lowest BCUT2D eigenvalue weighted by molar-refractivity contribution is -0.0498. The number of aromatic hydroxyl groups is 1. The molecule has 0 amide bonds. The van der Waals surface area contributed by atoms with Gasteiger partial charge in [0.1, 0.15) is 22.8 Å². The molecule has 0 saturated carbocycles. The summed E-state index contributed by atoms with van der Waals surface area (Å²) in [5, 5.41) is 13.8. The van der Waals surface area contributed by atoms with E-state index in [-0.39, 0.29) is 29.5 Å². The number of nitrogens with one attached hydrogen (secondary N) is 1. The van der Waals surface area contributed by atoms with Gasteiger partial charge in [-0.05, 0) is 36.8 Å². The number of halogens is 2. The van der Waals surface area contributed by atoms with Gasteiger partial charge in [-0.3, -0.25) is 4.99 Å². The van der Waals surface area contributed by atoms with Crippen molar-refractivity contribution in [1.29, 1.82) is 0 Å². The monoisotopic (exact) mass is 412 g/mol. The maximum atomic E-state index is 12.5. The van der Waals surface area contributed by atoms with Crippen LogP contribution in [0.25, 0.3) is 0 Å². The van der Waals surface area contributed by atoms with E-state index < -0.39 is 12.2 Å². The molecule has 1 aromatic heterocycles. The van der Waals surface area contributed by atoms with Gasteiger partial charge in [0, 0.05) is 12.5 Å². The Bertz CT molecular complexity index is 1160. The quantitative estimate of drug-likeness (QED) is 0.635. The van der Waals surface area contributed by atoms with E-state index in [0.717, 1.165) is 11.3 Å². The molecule has 0 spiro atoms. The number of alkyl halides is 2. The number of anilines is 1. The van der Waals surface area contributed by atoms with Gasteiger partial charge >= 0.3 is 12.2 Å². The Kier molecular flexibility index (Phi) is 5.22. The largest absolute Gasteiger partial charge is 0.507 e. The molecule has 0 fully saturated rings. The molecule has 1 aliphatic rings. The molecule has 30 heavy (non-hydrogen) atoms. The number of benzene rings is 2. The zero-order valence-electron chi connectivity index (χ0n) is 15.9. The van der Waals surface area contributed by atoms with E-state index in [0.29, 0.717) is 17.2 Å². The summed E-state index contributed by atoms with van der Waals surface area (Å²) in [4.78, 5) is 17.1. The van der Waals surface area contributed by atoms with Crippen molar-refractivity contribution >= 4 is 17.1 Å². The lowest BCUT2D eigenvalue weighted by Gasteiger charge is -2.19. The average molecular weight is 412 g/mol. The lowest BCUT2D eigenvalue weighted by atomic mass is 9.97. The Balaban J connectivity index is 1.77. The summed E-state index contributed by atoms with van der Waals surface area (Å²) in [5.74, 6) is 0.134. The predicted octanol–water partition coefficient (Wildman–Crippen LogP) is 4.93. The molecule has 4 rings (SSSR count). The van der Waals surface area contributed by atoms with Crippen LogP contribution in [0.1, 0.15) is 29.3 Å². The predicted molar refractivity (Wildman–Crippen MR) is 108 cm³/mol. The topological polar surface area (TPSA) is 84.1 Å². The van der Waals surface area contributed by atoms with E-state index >= 15 is 0 Å². The Morgan fingerprint density at radius 1 is 1.20 bits per heavy atom. The van der Waals surface area contributed by atoms with Gasteiger partial charge in [-0.15, -0.1) is 0 Å². The van der Waals surface area contributed by atoms with Crippen LogP contribution in [0.5, 0.6) is 11.5 Å². The minimum atomic E-state index is -2.90. The number of ether oxygens (including phenoxy) is 1. The third kappa shape index (κ3) is 4.03. The summed E-state index contributed by atoms with van der Waals surface area (Å²) >= 11 is 0. The van der Waals surface area contributed by atoms with Crippen LogP contribution in [0, 0.1) is 6.92 Å². The fourth-order valence-corrected chi connectivity index (χ4v) is 3.42. The third-order valence-electron chi connectivity index (χ3n) is 4.74. The van der Waals surface area contributed by atoms with Crippen LogP contribution in [0.2, 0.25) is 0 Å². The molecule has 6 nitrogen and oxygen atoms in total. The number of rotatable bonds is 4. The lowest BCUT2D eigenvalue weighted by Crippen LogP contribution is -2.20. The molecule has 1 aliphatic heterocycles. The second kappa shape index (κ2) is 7.98. The van der Waals surface area contributed by atoms with Gasteiger partial charge in [0.25, 0.3) is 0 Å². The molecular weight excluding hydrogens is 394 g/mol. The number of fused-ring (bicyclic) bond motifs is 1. The van der Waals surface area contributed by atoms with E-state index in [1.54, 1.807) is 25.1 Å². The molecule has 0 unspecified atom stereocenters. The van der Waals surface area contributed by atoms with Crippen molar-refractivity contribution in [3.8, 4) is 11.5 Å². The van der Waals surface area contributed by atoms with Crippen LogP contribution in [0.15, 0.2) is 68.8 Å². The number of para-hydroxylation sites is 2. The van der Waals surface area contributed by atoms with E-state index in [2.05, 4.69) is 15.0 Å². The number of hydrogen-bond acceptors (Lipinski definition) is 6. The molecule has 2 heterocycles. The first-order chi connectivity index (χ1) is 14.4. The molecule has 8 heteroatoms. The Morgan fingerprint density at radius 3 is 2.63 bits per heavy atom. The molecule has 0 bridgehead atoms.